The number of aryl methyl sites for hydroxylation is 1. The summed E-state index contributed by atoms with van der Waals surface area (Å²) in [5, 5.41) is 19.1. The molecule has 0 saturated carbocycles. The topological polar surface area (TPSA) is 93.4 Å². The molecule has 4 aromatic heterocycles. The fraction of sp³-hybridized carbons (Fsp3) is 0.346. The van der Waals surface area contributed by atoms with E-state index in [2.05, 4.69) is 60.7 Å². The number of nitrogens with one attached hydrogen (secondary N) is 1. The van der Waals surface area contributed by atoms with Crippen LogP contribution in [0.25, 0.3) is 27.0 Å². The largest absolute Gasteiger partial charge is 0.379 e. The van der Waals surface area contributed by atoms with Crippen molar-refractivity contribution in [3.63, 3.8) is 0 Å². The number of nitrogens with zero attached hydrogens (tertiary/aromatic N) is 7. The quantitative estimate of drug-likeness (QED) is 0.325. The zero-order valence-electron chi connectivity index (χ0n) is 20.2. The lowest BCUT2D eigenvalue weighted by atomic mass is 10.0. The molecule has 184 valence electrons. The average molecular weight is 501 g/mol. The summed E-state index contributed by atoms with van der Waals surface area (Å²) < 4.78 is 7.29. The molecule has 0 unspecified atom stereocenters. The van der Waals surface area contributed by atoms with Crippen LogP contribution in [0.2, 0.25) is 0 Å². The Morgan fingerprint density at radius 3 is 2.75 bits per heavy atom. The molecular formula is C26H28N8OS. The van der Waals surface area contributed by atoms with Crippen LogP contribution in [0.5, 0.6) is 0 Å². The number of benzene rings is 1. The van der Waals surface area contributed by atoms with Gasteiger partial charge in [-0.3, -0.25) is 14.9 Å². The molecule has 36 heavy (non-hydrogen) atoms. The fourth-order valence-corrected chi connectivity index (χ4v) is 5.23. The van der Waals surface area contributed by atoms with Gasteiger partial charge in [0.25, 0.3) is 0 Å². The predicted molar refractivity (Wildman–Crippen MR) is 140 cm³/mol. The summed E-state index contributed by atoms with van der Waals surface area (Å²) in [5.41, 5.74) is 5.24. The number of fused-ring (bicyclic) bond motifs is 2. The smallest absolute Gasteiger partial charge is 0.234 e. The molecule has 1 aliphatic rings. The van der Waals surface area contributed by atoms with Crippen molar-refractivity contribution in [2.24, 2.45) is 0 Å². The molecule has 0 atom stereocenters. The van der Waals surface area contributed by atoms with Crippen molar-refractivity contribution >= 4 is 27.2 Å². The molecule has 6 rings (SSSR count). The first-order valence-electron chi connectivity index (χ1n) is 12.2. The van der Waals surface area contributed by atoms with Gasteiger partial charge in [0, 0.05) is 73.7 Å². The minimum Gasteiger partial charge on any atom is -0.379 e. The highest BCUT2D eigenvalue weighted by atomic mass is 32.1. The monoisotopic (exact) mass is 500 g/mol. The average Bonchev–Trinajstić information content (AvgIpc) is 3.48. The summed E-state index contributed by atoms with van der Waals surface area (Å²) in [7, 11) is 0. The van der Waals surface area contributed by atoms with Gasteiger partial charge in [-0.05, 0) is 36.8 Å². The van der Waals surface area contributed by atoms with Gasteiger partial charge in [-0.15, -0.1) is 10.2 Å². The highest BCUT2D eigenvalue weighted by Crippen LogP contribution is 2.24. The zero-order chi connectivity index (χ0) is 24.3. The summed E-state index contributed by atoms with van der Waals surface area (Å²) in [6, 6.07) is 12.6. The molecule has 5 aromatic rings. The highest BCUT2D eigenvalue weighted by molar-refractivity contribution is 7.16. The van der Waals surface area contributed by atoms with Crippen molar-refractivity contribution in [2.45, 2.75) is 19.9 Å². The van der Waals surface area contributed by atoms with Gasteiger partial charge in [0.2, 0.25) is 4.96 Å². The maximum atomic E-state index is 5.41. The Hall–Kier alpha value is -3.31. The number of pyridine rings is 2. The first kappa shape index (κ1) is 23.1. The number of ether oxygens (including phenoxy) is 1. The number of morpholine rings is 1. The number of rotatable bonds is 8. The van der Waals surface area contributed by atoms with E-state index in [1.807, 2.05) is 29.9 Å². The van der Waals surface area contributed by atoms with Gasteiger partial charge in [0.05, 0.1) is 18.7 Å². The van der Waals surface area contributed by atoms with E-state index in [4.69, 9.17) is 9.84 Å². The Labute approximate surface area is 213 Å². The van der Waals surface area contributed by atoms with Crippen LogP contribution in [-0.4, -0.2) is 74.1 Å². The molecule has 5 heterocycles. The normalized spacial score (nSPS) is 14.7. The first-order chi connectivity index (χ1) is 17.7. The van der Waals surface area contributed by atoms with Gasteiger partial charge in [0.1, 0.15) is 5.01 Å². The Bertz CT molecular complexity index is 1470. The van der Waals surface area contributed by atoms with Crippen molar-refractivity contribution in [3.05, 3.63) is 70.9 Å². The second-order valence-corrected chi connectivity index (χ2v) is 10.1. The van der Waals surface area contributed by atoms with Crippen molar-refractivity contribution in [2.75, 3.05) is 39.4 Å². The van der Waals surface area contributed by atoms with E-state index in [-0.39, 0.29) is 0 Å². The van der Waals surface area contributed by atoms with E-state index >= 15 is 0 Å². The molecule has 0 bridgehead atoms. The lowest BCUT2D eigenvalue weighted by molar-refractivity contribution is 0.0384. The number of aromatic nitrogens is 6. The zero-order valence-corrected chi connectivity index (χ0v) is 21.0. The molecule has 1 N–H and O–H groups in total. The van der Waals surface area contributed by atoms with Gasteiger partial charge in [0.15, 0.2) is 5.82 Å². The third kappa shape index (κ3) is 5.12. The van der Waals surface area contributed by atoms with E-state index in [0.29, 0.717) is 6.42 Å². The molecule has 0 amide bonds. The molecule has 1 aromatic carbocycles. The van der Waals surface area contributed by atoms with E-state index in [9.17, 15) is 0 Å². The summed E-state index contributed by atoms with van der Waals surface area (Å²) >= 11 is 1.58. The molecule has 1 fully saturated rings. The molecule has 1 saturated heterocycles. The van der Waals surface area contributed by atoms with E-state index in [0.717, 1.165) is 95.0 Å². The molecule has 0 aliphatic carbocycles. The van der Waals surface area contributed by atoms with Crippen molar-refractivity contribution in [3.8, 4) is 11.1 Å². The molecule has 10 heteroatoms. The Balaban J connectivity index is 1.14. The third-order valence-corrected chi connectivity index (χ3v) is 7.33. The van der Waals surface area contributed by atoms with Crippen molar-refractivity contribution in [1.29, 1.82) is 0 Å². The van der Waals surface area contributed by atoms with Crippen LogP contribution in [0, 0.1) is 6.92 Å². The van der Waals surface area contributed by atoms with E-state index < -0.39 is 0 Å². The predicted octanol–water partition coefficient (Wildman–Crippen LogP) is 3.12. The summed E-state index contributed by atoms with van der Waals surface area (Å²) in [5.74, 6) is 0.840. The van der Waals surface area contributed by atoms with Crippen LogP contribution in [0.15, 0.2) is 48.8 Å². The van der Waals surface area contributed by atoms with Crippen molar-refractivity contribution < 1.29 is 4.74 Å². The van der Waals surface area contributed by atoms with E-state index in [1.54, 1.807) is 11.3 Å². The van der Waals surface area contributed by atoms with E-state index in [1.165, 1.54) is 0 Å². The number of hydrogen-bond donors (Lipinski definition) is 1. The maximum absolute atomic E-state index is 5.41. The second-order valence-electron chi connectivity index (χ2n) is 9.05. The third-order valence-electron chi connectivity index (χ3n) is 6.43. The SMILES string of the molecule is Cc1ccc(-c2cnc3ccc(Cc4nnc5sc(CNCCN6CCOCC6)nn45)cc3c2)cn1. The van der Waals surface area contributed by atoms with Crippen LogP contribution in [0.1, 0.15) is 22.1 Å². The van der Waals surface area contributed by atoms with Gasteiger partial charge in [-0.2, -0.15) is 9.61 Å². The molecule has 0 radical (unpaired) electrons. The Kier molecular flexibility index (Phi) is 6.65. The standard InChI is InChI=1S/C26H28N8OS/c1-18-2-4-20(15-28-18)22-14-21-12-19(3-5-23(21)29-16-22)13-24-30-31-26-34(24)32-25(36-26)17-27-6-7-33-8-10-35-11-9-33/h2-5,12,14-16,27H,6-11,13,17H2,1H3. The number of hydrogen-bond acceptors (Lipinski definition) is 9. The molecule has 1 aliphatic heterocycles. The summed E-state index contributed by atoms with van der Waals surface area (Å²) in [4.78, 5) is 12.3. The second kappa shape index (κ2) is 10.4. The lowest BCUT2D eigenvalue weighted by Crippen LogP contribution is -2.40. The van der Waals surface area contributed by atoms with Crippen molar-refractivity contribution in [1.82, 2.24) is 40.0 Å². The maximum Gasteiger partial charge on any atom is 0.234 e. The van der Waals surface area contributed by atoms with Crippen LogP contribution < -0.4 is 5.32 Å². The van der Waals surface area contributed by atoms with Gasteiger partial charge >= 0.3 is 0 Å². The lowest BCUT2D eigenvalue weighted by Gasteiger charge is -2.26. The minimum atomic E-state index is 0.654. The molecule has 0 spiro atoms. The fourth-order valence-electron chi connectivity index (χ4n) is 4.41. The van der Waals surface area contributed by atoms with Crippen LogP contribution in [0.3, 0.4) is 0 Å². The molecular weight excluding hydrogens is 472 g/mol. The molecule has 9 nitrogen and oxygen atoms in total. The van der Waals surface area contributed by atoms with Gasteiger partial charge in [-0.1, -0.05) is 23.5 Å². The van der Waals surface area contributed by atoms with Crippen LogP contribution >= 0.6 is 11.3 Å². The minimum absolute atomic E-state index is 0.654. The van der Waals surface area contributed by atoms with Crippen LogP contribution in [0.4, 0.5) is 0 Å². The van der Waals surface area contributed by atoms with Gasteiger partial charge < -0.3 is 10.1 Å². The summed E-state index contributed by atoms with van der Waals surface area (Å²) in [6.45, 7) is 8.36. The first-order valence-corrected chi connectivity index (χ1v) is 13.1. The highest BCUT2D eigenvalue weighted by Gasteiger charge is 2.14. The summed E-state index contributed by atoms with van der Waals surface area (Å²) in [6.07, 6.45) is 4.45. The Morgan fingerprint density at radius 1 is 1.00 bits per heavy atom. The van der Waals surface area contributed by atoms with Gasteiger partial charge in [-0.25, -0.2) is 0 Å². The van der Waals surface area contributed by atoms with Crippen LogP contribution in [-0.2, 0) is 17.7 Å². The Morgan fingerprint density at radius 2 is 1.89 bits per heavy atom.